The lowest BCUT2D eigenvalue weighted by molar-refractivity contribution is 0.102. The van der Waals surface area contributed by atoms with Crippen molar-refractivity contribution in [2.45, 2.75) is 52.0 Å². The first-order valence-corrected chi connectivity index (χ1v) is 11.8. The van der Waals surface area contributed by atoms with Crippen molar-refractivity contribution in [3.63, 3.8) is 0 Å². The molecule has 2 heterocycles. The smallest absolute Gasteiger partial charge is 0.274 e. The van der Waals surface area contributed by atoms with Crippen molar-refractivity contribution in [1.29, 1.82) is 0 Å². The first-order valence-electron chi connectivity index (χ1n) is 11.8. The van der Waals surface area contributed by atoms with E-state index in [0.29, 0.717) is 23.1 Å². The number of hydrogen-bond acceptors (Lipinski definition) is 4. The monoisotopic (exact) mass is 482 g/mol. The Bertz CT molecular complexity index is 1220. The highest BCUT2D eigenvalue weighted by Gasteiger charge is 2.31. The number of rotatable bonds is 5. The highest BCUT2D eigenvalue weighted by molar-refractivity contribution is 6.03. The summed E-state index contributed by atoms with van der Waals surface area (Å²) in [6.07, 6.45) is 5.94. The summed E-state index contributed by atoms with van der Waals surface area (Å²) < 4.78 is 43.4. The van der Waals surface area contributed by atoms with Gasteiger partial charge in [-0.15, -0.1) is 0 Å². The van der Waals surface area contributed by atoms with Gasteiger partial charge >= 0.3 is 0 Å². The van der Waals surface area contributed by atoms with E-state index in [2.05, 4.69) is 29.1 Å². The van der Waals surface area contributed by atoms with Crippen molar-refractivity contribution in [2.24, 2.45) is 17.6 Å². The molecule has 5 nitrogen and oxygen atoms in total. The molecule has 0 unspecified atom stereocenters. The minimum Gasteiger partial charge on any atom is -0.328 e. The summed E-state index contributed by atoms with van der Waals surface area (Å²) in [7, 11) is 0. The first kappa shape index (κ1) is 24.9. The Kier molecular flexibility index (Phi) is 7.21. The number of nitrogens with one attached hydrogen (secondary N) is 1. The van der Waals surface area contributed by atoms with Gasteiger partial charge in [0.1, 0.15) is 28.8 Å². The number of nitrogens with two attached hydrogens (primary N) is 1. The topological polar surface area (TPSA) is 80.9 Å². The molecule has 3 atom stereocenters. The predicted octanol–water partition coefficient (Wildman–Crippen LogP) is 5.99. The highest BCUT2D eigenvalue weighted by atomic mass is 19.1. The molecule has 1 aromatic carbocycles. The molecule has 2 aromatic heterocycles. The maximum Gasteiger partial charge on any atom is 0.274 e. The van der Waals surface area contributed by atoms with Crippen molar-refractivity contribution >= 4 is 11.6 Å². The van der Waals surface area contributed by atoms with Crippen LogP contribution in [0.2, 0.25) is 0 Å². The van der Waals surface area contributed by atoms with E-state index in [4.69, 9.17) is 5.73 Å². The third kappa shape index (κ3) is 5.37. The normalized spacial score (nSPS) is 20.2. The zero-order valence-corrected chi connectivity index (χ0v) is 20.0. The molecule has 1 saturated carbocycles. The number of aryl methyl sites for hydroxylation is 1. The molecule has 0 bridgehead atoms. The van der Waals surface area contributed by atoms with E-state index in [1.54, 1.807) is 12.4 Å². The van der Waals surface area contributed by atoms with Gasteiger partial charge in [-0.2, -0.15) is 0 Å². The predicted molar refractivity (Wildman–Crippen MR) is 129 cm³/mol. The summed E-state index contributed by atoms with van der Waals surface area (Å²) in [5, 5.41) is 2.80. The second-order valence-electron chi connectivity index (χ2n) is 9.72. The standard InChI is InChI=1S/C27H29F3N4O/c1-14(2)16-10-17(12-18(31)11-16)19-6-7-32-13-24(19)34-27(35)23-5-4-20(28)26(33-23)25-21(29)8-15(3)9-22(25)30/h4-9,13-14,16-18H,10-12,31H2,1-3H3,(H,34,35)/t16-,17+,18-/m0/s1. The summed E-state index contributed by atoms with van der Waals surface area (Å²) in [5.41, 5.74) is 6.79. The number of aromatic nitrogens is 2. The third-order valence-electron chi connectivity index (χ3n) is 6.77. The van der Waals surface area contributed by atoms with Gasteiger partial charge in [0.25, 0.3) is 5.91 Å². The van der Waals surface area contributed by atoms with E-state index in [0.717, 1.165) is 43.0 Å². The molecular weight excluding hydrogens is 453 g/mol. The van der Waals surface area contributed by atoms with Gasteiger partial charge in [0, 0.05) is 12.2 Å². The van der Waals surface area contributed by atoms with Gasteiger partial charge in [-0.1, -0.05) is 13.8 Å². The molecule has 3 aromatic rings. The van der Waals surface area contributed by atoms with Crippen LogP contribution in [-0.4, -0.2) is 21.9 Å². The maximum absolute atomic E-state index is 14.5. The van der Waals surface area contributed by atoms with E-state index < -0.39 is 34.6 Å². The Labute approximate surface area is 203 Å². The van der Waals surface area contributed by atoms with Gasteiger partial charge in [-0.3, -0.25) is 9.78 Å². The Balaban J connectivity index is 1.63. The zero-order chi connectivity index (χ0) is 25.3. The molecule has 1 aliphatic rings. The molecule has 0 aliphatic heterocycles. The molecule has 1 aliphatic carbocycles. The van der Waals surface area contributed by atoms with Crippen LogP contribution in [-0.2, 0) is 0 Å². The largest absolute Gasteiger partial charge is 0.328 e. The van der Waals surface area contributed by atoms with Gasteiger partial charge in [0.05, 0.1) is 17.4 Å². The maximum atomic E-state index is 14.5. The minimum absolute atomic E-state index is 0.0680. The Morgan fingerprint density at radius 2 is 1.77 bits per heavy atom. The van der Waals surface area contributed by atoms with E-state index in [1.165, 1.54) is 13.0 Å². The van der Waals surface area contributed by atoms with Crippen LogP contribution in [0.5, 0.6) is 0 Å². The highest BCUT2D eigenvalue weighted by Crippen LogP contribution is 2.41. The summed E-state index contributed by atoms with van der Waals surface area (Å²) in [6.45, 7) is 5.90. The van der Waals surface area contributed by atoms with Crippen molar-refractivity contribution in [1.82, 2.24) is 9.97 Å². The van der Waals surface area contributed by atoms with E-state index >= 15 is 0 Å². The van der Waals surface area contributed by atoms with Crippen LogP contribution >= 0.6 is 0 Å². The lowest BCUT2D eigenvalue weighted by atomic mass is 9.72. The SMILES string of the molecule is Cc1cc(F)c(-c2nc(C(=O)Nc3cnccc3[C@H]3C[C@@H](N)C[C@@H](C(C)C)C3)ccc2F)c(F)c1. The number of anilines is 1. The Morgan fingerprint density at radius 1 is 1.06 bits per heavy atom. The van der Waals surface area contributed by atoms with Crippen LogP contribution < -0.4 is 11.1 Å². The number of pyridine rings is 2. The van der Waals surface area contributed by atoms with Gasteiger partial charge in [0.2, 0.25) is 0 Å². The summed E-state index contributed by atoms with van der Waals surface area (Å²) >= 11 is 0. The molecule has 35 heavy (non-hydrogen) atoms. The number of nitrogens with zero attached hydrogens (tertiary/aromatic N) is 2. The molecule has 8 heteroatoms. The summed E-state index contributed by atoms with van der Waals surface area (Å²) in [6, 6.07) is 6.28. The van der Waals surface area contributed by atoms with E-state index in [1.807, 2.05) is 6.07 Å². The van der Waals surface area contributed by atoms with Gasteiger partial charge < -0.3 is 11.1 Å². The number of hydrogen-bond donors (Lipinski definition) is 2. The second kappa shape index (κ2) is 10.2. The summed E-state index contributed by atoms with van der Waals surface area (Å²) in [4.78, 5) is 21.2. The molecule has 0 radical (unpaired) electrons. The van der Waals surface area contributed by atoms with Crippen molar-refractivity contribution in [3.8, 4) is 11.3 Å². The fourth-order valence-electron chi connectivity index (χ4n) is 4.93. The Hall–Kier alpha value is -3.26. The number of amides is 1. The first-order chi connectivity index (χ1) is 16.6. The minimum atomic E-state index is -0.950. The number of carbonyl (C=O) groups excluding carboxylic acids is 1. The van der Waals surface area contributed by atoms with E-state index in [-0.39, 0.29) is 17.7 Å². The van der Waals surface area contributed by atoms with Crippen LogP contribution in [0.25, 0.3) is 11.3 Å². The molecule has 1 fully saturated rings. The van der Waals surface area contributed by atoms with Crippen LogP contribution in [0, 0.1) is 36.2 Å². The number of carbonyl (C=O) groups is 1. The number of halogens is 3. The average Bonchev–Trinajstić information content (AvgIpc) is 2.79. The van der Waals surface area contributed by atoms with Crippen LogP contribution in [0.1, 0.15) is 60.6 Å². The quantitative estimate of drug-likeness (QED) is 0.468. The van der Waals surface area contributed by atoms with Crippen LogP contribution in [0.4, 0.5) is 18.9 Å². The lowest BCUT2D eigenvalue weighted by Crippen LogP contribution is -2.34. The molecule has 3 N–H and O–H groups in total. The second-order valence-corrected chi connectivity index (χ2v) is 9.72. The fraction of sp³-hybridized carbons (Fsp3) is 0.370. The molecule has 0 spiro atoms. The van der Waals surface area contributed by atoms with Crippen LogP contribution in [0.15, 0.2) is 42.7 Å². The van der Waals surface area contributed by atoms with Gasteiger partial charge in [-0.05, 0) is 85.4 Å². The molecule has 4 rings (SSSR count). The summed E-state index contributed by atoms with van der Waals surface area (Å²) in [5.74, 6) is -2.34. The third-order valence-corrected chi connectivity index (χ3v) is 6.77. The van der Waals surface area contributed by atoms with Crippen LogP contribution in [0.3, 0.4) is 0 Å². The van der Waals surface area contributed by atoms with Crippen molar-refractivity contribution in [2.75, 3.05) is 5.32 Å². The molecule has 0 saturated heterocycles. The van der Waals surface area contributed by atoms with Crippen molar-refractivity contribution in [3.05, 3.63) is 77.0 Å². The zero-order valence-electron chi connectivity index (χ0n) is 20.0. The molecule has 184 valence electrons. The Morgan fingerprint density at radius 3 is 2.46 bits per heavy atom. The lowest BCUT2D eigenvalue weighted by Gasteiger charge is -2.36. The fourth-order valence-corrected chi connectivity index (χ4v) is 4.93. The molecular formula is C27H29F3N4O. The van der Waals surface area contributed by atoms with E-state index in [9.17, 15) is 18.0 Å². The number of benzene rings is 1. The average molecular weight is 483 g/mol. The van der Waals surface area contributed by atoms with Crippen molar-refractivity contribution < 1.29 is 18.0 Å². The molecule has 1 amide bonds. The van der Waals surface area contributed by atoms with Gasteiger partial charge in [0.15, 0.2) is 0 Å². The van der Waals surface area contributed by atoms with Gasteiger partial charge in [-0.25, -0.2) is 18.2 Å².